The van der Waals surface area contributed by atoms with Crippen molar-refractivity contribution in [2.24, 2.45) is 0 Å². The molecular weight excluding hydrogens is 464 g/mol. The Bertz CT molecular complexity index is 1590. The van der Waals surface area contributed by atoms with E-state index in [1.165, 1.54) is 11.9 Å². The number of fused-ring (bicyclic) bond motifs is 2. The van der Waals surface area contributed by atoms with Crippen LogP contribution in [0.2, 0.25) is 0 Å². The Morgan fingerprint density at radius 1 is 1.14 bits per heavy atom. The van der Waals surface area contributed by atoms with Gasteiger partial charge in [0.1, 0.15) is 11.8 Å². The van der Waals surface area contributed by atoms with E-state index in [1.54, 1.807) is 0 Å². The van der Waals surface area contributed by atoms with Gasteiger partial charge in [0, 0.05) is 41.8 Å². The van der Waals surface area contributed by atoms with E-state index in [4.69, 9.17) is 10.8 Å². The lowest BCUT2D eigenvalue weighted by molar-refractivity contribution is -0.130. The van der Waals surface area contributed by atoms with E-state index in [9.17, 15) is 4.79 Å². The van der Waals surface area contributed by atoms with Crippen molar-refractivity contribution in [3.05, 3.63) is 78.4 Å². The Kier molecular flexibility index (Phi) is 5.84. The minimum absolute atomic E-state index is 0.152. The first-order valence-electron chi connectivity index (χ1n) is 12.5. The van der Waals surface area contributed by atoms with Crippen molar-refractivity contribution < 1.29 is 4.79 Å². The molecule has 0 saturated carbocycles. The van der Waals surface area contributed by atoms with Crippen molar-refractivity contribution in [1.82, 2.24) is 34.2 Å². The minimum Gasteiger partial charge on any atom is -0.382 e. The number of carbonyl (C=O) groups excluding carboxylic acids is 1. The van der Waals surface area contributed by atoms with Crippen LogP contribution in [-0.4, -0.2) is 73.8 Å². The van der Waals surface area contributed by atoms with E-state index in [1.807, 2.05) is 51.3 Å². The van der Waals surface area contributed by atoms with Gasteiger partial charge in [0.25, 0.3) is 0 Å². The molecule has 2 N–H and O–H groups in total. The van der Waals surface area contributed by atoms with Crippen LogP contribution >= 0.6 is 0 Å². The molecular formula is C28H30N8O. The molecule has 6 rings (SSSR count). The van der Waals surface area contributed by atoms with Gasteiger partial charge in [-0.15, -0.1) is 0 Å². The zero-order valence-electron chi connectivity index (χ0n) is 21.1. The Morgan fingerprint density at radius 3 is 2.78 bits per heavy atom. The maximum Gasteiger partial charge on any atom is 0.236 e. The summed E-state index contributed by atoms with van der Waals surface area (Å²) in [6.07, 6.45) is 4.45. The summed E-state index contributed by atoms with van der Waals surface area (Å²) >= 11 is 0. The molecule has 1 aliphatic heterocycles. The average Bonchev–Trinajstić information content (AvgIpc) is 3.60. The van der Waals surface area contributed by atoms with Crippen LogP contribution in [0.1, 0.15) is 23.6 Å². The van der Waals surface area contributed by atoms with Gasteiger partial charge in [0.15, 0.2) is 5.82 Å². The number of hydrogen-bond acceptors (Lipinski definition) is 6. The fourth-order valence-electron chi connectivity index (χ4n) is 5.29. The standard InChI is InChI=1S/C28H30N8O/c1-33(2)17-26(37)34-11-10-22(15-34)25-13-23(27-28(29)30-18-31-36(25)27)20-8-9-21-16-35(32-24(21)12-20)14-19-6-4-3-5-7-19/h3-9,12-13,16,18,22H,10-11,14-15,17H2,1-2H3,(H2,29,30,31). The quantitative estimate of drug-likeness (QED) is 0.389. The maximum absolute atomic E-state index is 12.6. The van der Waals surface area contributed by atoms with Crippen LogP contribution in [0.25, 0.3) is 27.5 Å². The van der Waals surface area contributed by atoms with Crippen LogP contribution in [0.4, 0.5) is 5.82 Å². The molecule has 9 nitrogen and oxygen atoms in total. The third kappa shape index (κ3) is 4.42. The van der Waals surface area contributed by atoms with Gasteiger partial charge in [0.2, 0.25) is 5.91 Å². The summed E-state index contributed by atoms with van der Waals surface area (Å²) in [7, 11) is 3.83. The summed E-state index contributed by atoms with van der Waals surface area (Å²) in [6.45, 7) is 2.55. The number of nitrogens with zero attached hydrogens (tertiary/aromatic N) is 7. The molecule has 0 bridgehead atoms. The first kappa shape index (κ1) is 23.2. The number of benzene rings is 2. The summed E-state index contributed by atoms with van der Waals surface area (Å²) in [5, 5.41) is 10.5. The van der Waals surface area contributed by atoms with E-state index in [0.29, 0.717) is 18.9 Å². The van der Waals surface area contributed by atoms with Gasteiger partial charge in [-0.25, -0.2) is 9.50 Å². The van der Waals surface area contributed by atoms with Crippen LogP contribution in [-0.2, 0) is 11.3 Å². The molecule has 1 aliphatic rings. The molecule has 188 valence electrons. The second-order valence-electron chi connectivity index (χ2n) is 10.0. The summed E-state index contributed by atoms with van der Waals surface area (Å²) in [6, 6.07) is 18.8. The lowest BCUT2D eigenvalue weighted by Crippen LogP contribution is -2.36. The zero-order chi connectivity index (χ0) is 25.5. The van der Waals surface area contributed by atoms with Crippen molar-refractivity contribution in [1.29, 1.82) is 0 Å². The molecule has 9 heteroatoms. The van der Waals surface area contributed by atoms with E-state index in [2.05, 4.69) is 52.7 Å². The Hall–Kier alpha value is -4.24. The van der Waals surface area contributed by atoms with Crippen molar-refractivity contribution in [2.75, 3.05) is 39.5 Å². The van der Waals surface area contributed by atoms with Crippen molar-refractivity contribution in [3.63, 3.8) is 0 Å². The van der Waals surface area contributed by atoms with Crippen molar-refractivity contribution in [2.45, 2.75) is 18.9 Å². The molecule has 0 radical (unpaired) electrons. The van der Waals surface area contributed by atoms with E-state index >= 15 is 0 Å². The van der Waals surface area contributed by atoms with Crippen LogP contribution in [0.3, 0.4) is 0 Å². The third-order valence-electron chi connectivity index (χ3n) is 7.07. The zero-order valence-corrected chi connectivity index (χ0v) is 21.1. The molecule has 0 spiro atoms. The van der Waals surface area contributed by atoms with Crippen molar-refractivity contribution >= 4 is 28.1 Å². The molecule has 0 aliphatic carbocycles. The van der Waals surface area contributed by atoms with Crippen molar-refractivity contribution in [3.8, 4) is 11.1 Å². The number of anilines is 1. The first-order chi connectivity index (χ1) is 18.0. The van der Waals surface area contributed by atoms with E-state index in [-0.39, 0.29) is 11.8 Å². The molecule has 1 fully saturated rings. The summed E-state index contributed by atoms with van der Waals surface area (Å²) in [4.78, 5) is 20.8. The highest BCUT2D eigenvalue weighted by Gasteiger charge is 2.31. The molecule has 1 amide bonds. The normalized spacial score (nSPS) is 15.9. The summed E-state index contributed by atoms with van der Waals surface area (Å²) in [5.74, 6) is 0.763. The Morgan fingerprint density at radius 2 is 1.97 bits per heavy atom. The highest BCUT2D eigenvalue weighted by atomic mass is 16.2. The molecule has 4 heterocycles. The monoisotopic (exact) mass is 494 g/mol. The number of hydrogen-bond donors (Lipinski definition) is 1. The summed E-state index contributed by atoms with van der Waals surface area (Å²) in [5.41, 5.74) is 12.3. The van der Waals surface area contributed by atoms with Crippen LogP contribution in [0, 0.1) is 0 Å². The second-order valence-corrected chi connectivity index (χ2v) is 10.0. The van der Waals surface area contributed by atoms with Gasteiger partial charge in [-0.2, -0.15) is 10.2 Å². The number of aromatic nitrogens is 5. The Labute approximate surface area is 215 Å². The predicted molar refractivity (Wildman–Crippen MR) is 144 cm³/mol. The SMILES string of the molecule is CN(C)CC(=O)N1CCC(c2cc(-c3ccc4cn(Cc5ccccc5)nc4c3)c3c(N)ncnn23)C1. The number of likely N-dealkylation sites (N-methyl/N-ethyl adjacent to an activating group) is 1. The molecule has 1 saturated heterocycles. The van der Waals surface area contributed by atoms with Crippen LogP contribution < -0.4 is 5.73 Å². The maximum atomic E-state index is 12.6. The van der Waals surface area contributed by atoms with Gasteiger partial charge < -0.3 is 15.5 Å². The number of amides is 1. The van der Waals surface area contributed by atoms with Gasteiger partial charge in [0.05, 0.1) is 18.6 Å². The number of likely N-dealkylation sites (tertiary alicyclic amines) is 1. The second kappa shape index (κ2) is 9.33. The van der Waals surface area contributed by atoms with Gasteiger partial charge in [-0.3, -0.25) is 9.48 Å². The topological polar surface area (TPSA) is 97.6 Å². The molecule has 3 aromatic heterocycles. The van der Waals surface area contributed by atoms with Gasteiger partial charge in [-0.1, -0.05) is 42.5 Å². The third-order valence-corrected chi connectivity index (χ3v) is 7.07. The van der Waals surface area contributed by atoms with E-state index < -0.39 is 0 Å². The molecule has 5 aromatic rings. The minimum atomic E-state index is 0.152. The fraction of sp³-hybridized carbons (Fsp3) is 0.286. The fourth-order valence-corrected chi connectivity index (χ4v) is 5.29. The van der Waals surface area contributed by atoms with Gasteiger partial charge >= 0.3 is 0 Å². The summed E-state index contributed by atoms with van der Waals surface area (Å²) < 4.78 is 3.88. The molecule has 1 unspecified atom stereocenters. The van der Waals surface area contributed by atoms with E-state index in [0.717, 1.165) is 52.8 Å². The van der Waals surface area contributed by atoms with Gasteiger partial charge in [-0.05, 0) is 43.8 Å². The Balaban J connectivity index is 1.35. The number of carbonyl (C=O) groups is 1. The molecule has 1 atom stereocenters. The largest absolute Gasteiger partial charge is 0.382 e. The van der Waals surface area contributed by atoms with Crippen LogP contribution in [0.15, 0.2) is 67.1 Å². The number of rotatable bonds is 6. The van der Waals surface area contributed by atoms with Crippen LogP contribution in [0.5, 0.6) is 0 Å². The predicted octanol–water partition coefficient (Wildman–Crippen LogP) is 3.25. The lowest BCUT2D eigenvalue weighted by Gasteiger charge is -2.19. The smallest absolute Gasteiger partial charge is 0.236 e. The molecule has 2 aromatic carbocycles. The lowest BCUT2D eigenvalue weighted by atomic mass is 10.0. The molecule has 37 heavy (non-hydrogen) atoms. The number of nitrogens with two attached hydrogens (primary N) is 1. The highest BCUT2D eigenvalue weighted by molar-refractivity contribution is 5.92. The average molecular weight is 495 g/mol. The highest BCUT2D eigenvalue weighted by Crippen LogP contribution is 2.37. The first-order valence-corrected chi connectivity index (χ1v) is 12.5. The number of nitrogen functional groups attached to an aromatic ring is 1.